The van der Waals surface area contributed by atoms with E-state index in [4.69, 9.17) is 0 Å². The number of aromatic nitrogens is 1. The zero-order valence-electron chi connectivity index (χ0n) is 11.5. The average molecular weight is 250 g/mol. The predicted molar refractivity (Wildman–Crippen MR) is 71.5 cm³/mol. The molecule has 1 aromatic rings. The molecule has 1 unspecified atom stereocenters. The van der Waals surface area contributed by atoms with Crippen LogP contribution in [0.2, 0.25) is 0 Å². The Balaban J connectivity index is 2.74. The van der Waals surface area contributed by atoms with Crippen LogP contribution >= 0.6 is 0 Å². The smallest absolute Gasteiger partial charge is 0.270 e. The van der Waals surface area contributed by atoms with Crippen molar-refractivity contribution in [1.82, 2.24) is 10.3 Å². The van der Waals surface area contributed by atoms with Gasteiger partial charge in [0.25, 0.3) is 5.91 Å². The van der Waals surface area contributed by atoms with Crippen molar-refractivity contribution in [1.29, 1.82) is 0 Å². The van der Waals surface area contributed by atoms with Crippen LogP contribution in [0, 0.1) is 19.8 Å². The Kier molecular flexibility index (Phi) is 5.28. The standard InChI is InChI=1S/C14H22N2O2/c1-9(2)5-12(8-17)16-14(18)13-7-10(3)6-11(4)15-13/h6-7,9,12,17H,5,8H2,1-4H3,(H,16,18). The first-order valence-corrected chi connectivity index (χ1v) is 6.29. The largest absolute Gasteiger partial charge is 0.394 e. The van der Waals surface area contributed by atoms with E-state index in [-0.39, 0.29) is 18.6 Å². The molecule has 0 aliphatic rings. The number of aryl methyl sites for hydroxylation is 2. The SMILES string of the molecule is Cc1cc(C)nc(C(=O)NC(CO)CC(C)C)c1. The van der Waals surface area contributed by atoms with E-state index < -0.39 is 0 Å². The first kappa shape index (κ1) is 14.6. The van der Waals surface area contributed by atoms with Gasteiger partial charge in [0.1, 0.15) is 5.69 Å². The normalized spacial score (nSPS) is 12.6. The van der Waals surface area contributed by atoms with Gasteiger partial charge >= 0.3 is 0 Å². The number of rotatable bonds is 5. The number of hydrogen-bond acceptors (Lipinski definition) is 3. The van der Waals surface area contributed by atoms with Gasteiger partial charge in [0.15, 0.2) is 0 Å². The van der Waals surface area contributed by atoms with Gasteiger partial charge < -0.3 is 10.4 Å². The second kappa shape index (κ2) is 6.50. The molecule has 4 nitrogen and oxygen atoms in total. The number of aliphatic hydroxyl groups is 1. The second-order valence-electron chi connectivity index (χ2n) is 5.15. The number of nitrogens with one attached hydrogen (secondary N) is 1. The Morgan fingerprint density at radius 3 is 2.56 bits per heavy atom. The molecule has 18 heavy (non-hydrogen) atoms. The van der Waals surface area contributed by atoms with Crippen LogP contribution in [0.1, 0.15) is 42.0 Å². The third-order valence-corrected chi connectivity index (χ3v) is 2.64. The minimum Gasteiger partial charge on any atom is -0.394 e. The van der Waals surface area contributed by atoms with Crippen molar-refractivity contribution in [3.05, 3.63) is 29.1 Å². The molecule has 0 aliphatic carbocycles. The summed E-state index contributed by atoms with van der Waals surface area (Å²) in [5.74, 6) is 0.205. The van der Waals surface area contributed by atoms with Gasteiger partial charge in [-0.2, -0.15) is 0 Å². The first-order valence-electron chi connectivity index (χ1n) is 6.29. The summed E-state index contributed by atoms with van der Waals surface area (Å²) in [6.45, 7) is 7.87. The molecule has 100 valence electrons. The molecule has 0 aromatic carbocycles. The Labute approximate surface area is 108 Å². The van der Waals surface area contributed by atoms with Crippen molar-refractivity contribution in [2.75, 3.05) is 6.61 Å². The van der Waals surface area contributed by atoms with E-state index in [0.717, 1.165) is 17.7 Å². The van der Waals surface area contributed by atoms with Crippen LogP contribution in [-0.4, -0.2) is 28.6 Å². The molecule has 1 aromatic heterocycles. The minimum atomic E-state index is -0.221. The average Bonchev–Trinajstić information content (AvgIpc) is 2.26. The maximum atomic E-state index is 12.0. The molecule has 0 saturated carbocycles. The van der Waals surface area contributed by atoms with Gasteiger partial charge in [0, 0.05) is 5.69 Å². The summed E-state index contributed by atoms with van der Waals surface area (Å²) >= 11 is 0. The maximum absolute atomic E-state index is 12.0. The van der Waals surface area contributed by atoms with Crippen molar-refractivity contribution in [2.45, 2.75) is 40.2 Å². The highest BCUT2D eigenvalue weighted by atomic mass is 16.3. The fourth-order valence-electron chi connectivity index (χ4n) is 1.97. The molecular weight excluding hydrogens is 228 g/mol. The van der Waals surface area contributed by atoms with Crippen LogP contribution in [0.15, 0.2) is 12.1 Å². The fraction of sp³-hybridized carbons (Fsp3) is 0.571. The molecule has 4 heteroatoms. The van der Waals surface area contributed by atoms with Crippen LogP contribution in [0.25, 0.3) is 0 Å². The lowest BCUT2D eigenvalue weighted by Crippen LogP contribution is -2.38. The summed E-state index contributed by atoms with van der Waals surface area (Å²) < 4.78 is 0. The first-order chi connectivity index (χ1) is 8.42. The number of nitrogens with zero attached hydrogens (tertiary/aromatic N) is 1. The Morgan fingerprint density at radius 2 is 2.06 bits per heavy atom. The van der Waals surface area contributed by atoms with Gasteiger partial charge in [-0.1, -0.05) is 13.8 Å². The van der Waals surface area contributed by atoms with E-state index in [2.05, 4.69) is 24.1 Å². The third kappa shape index (κ3) is 4.45. The second-order valence-corrected chi connectivity index (χ2v) is 5.15. The van der Waals surface area contributed by atoms with Crippen LogP contribution < -0.4 is 5.32 Å². The van der Waals surface area contributed by atoms with E-state index in [0.29, 0.717) is 11.6 Å². The van der Waals surface area contributed by atoms with Crippen molar-refractivity contribution < 1.29 is 9.90 Å². The number of pyridine rings is 1. The summed E-state index contributed by atoms with van der Waals surface area (Å²) in [4.78, 5) is 16.2. The third-order valence-electron chi connectivity index (χ3n) is 2.64. The molecule has 1 amide bonds. The van der Waals surface area contributed by atoms with Crippen molar-refractivity contribution in [2.24, 2.45) is 5.92 Å². The lowest BCUT2D eigenvalue weighted by Gasteiger charge is -2.18. The summed E-state index contributed by atoms with van der Waals surface area (Å²) in [7, 11) is 0. The topological polar surface area (TPSA) is 62.2 Å². The van der Waals surface area contributed by atoms with Crippen LogP contribution in [0.3, 0.4) is 0 Å². The quantitative estimate of drug-likeness (QED) is 0.838. The van der Waals surface area contributed by atoms with Gasteiger partial charge in [0.05, 0.1) is 12.6 Å². The minimum absolute atomic E-state index is 0.0469. The summed E-state index contributed by atoms with van der Waals surface area (Å²) in [6.07, 6.45) is 0.757. The Bertz CT molecular complexity index is 396. The highest BCUT2D eigenvalue weighted by Gasteiger charge is 2.15. The zero-order chi connectivity index (χ0) is 13.7. The van der Waals surface area contributed by atoms with Gasteiger partial charge in [-0.05, 0) is 43.9 Å². The van der Waals surface area contributed by atoms with Gasteiger partial charge in [-0.3, -0.25) is 4.79 Å². The summed E-state index contributed by atoms with van der Waals surface area (Å²) in [5.41, 5.74) is 2.25. The van der Waals surface area contributed by atoms with Crippen molar-refractivity contribution in [3.8, 4) is 0 Å². The molecular formula is C14H22N2O2. The lowest BCUT2D eigenvalue weighted by atomic mass is 10.0. The Morgan fingerprint density at radius 1 is 1.39 bits per heavy atom. The highest BCUT2D eigenvalue weighted by Crippen LogP contribution is 2.07. The van der Waals surface area contributed by atoms with Crippen LogP contribution in [-0.2, 0) is 0 Å². The molecule has 1 atom stereocenters. The zero-order valence-corrected chi connectivity index (χ0v) is 11.5. The molecule has 0 saturated heterocycles. The van der Waals surface area contributed by atoms with E-state index in [1.54, 1.807) is 6.07 Å². The van der Waals surface area contributed by atoms with Crippen molar-refractivity contribution in [3.63, 3.8) is 0 Å². The number of aliphatic hydroxyl groups excluding tert-OH is 1. The Hall–Kier alpha value is -1.42. The molecule has 0 radical (unpaired) electrons. The van der Waals surface area contributed by atoms with Gasteiger partial charge in [-0.15, -0.1) is 0 Å². The fourth-order valence-corrected chi connectivity index (χ4v) is 1.97. The van der Waals surface area contributed by atoms with Crippen molar-refractivity contribution >= 4 is 5.91 Å². The molecule has 0 spiro atoms. The number of hydrogen-bond donors (Lipinski definition) is 2. The van der Waals surface area contributed by atoms with E-state index in [1.807, 2.05) is 19.9 Å². The van der Waals surface area contributed by atoms with Crippen LogP contribution in [0.5, 0.6) is 0 Å². The number of amides is 1. The van der Waals surface area contributed by atoms with Gasteiger partial charge in [0.2, 0.25) is 0 Å². The number of carbonyl (C=O) groups is 1. The van der Waals surface area contributed by atoms with E-state index in [1.165, 1.54) is 0 Å². The molecule has 0 aliphatic heterocycles. The molecule has 1 rings (SSSR count). The van der Waals surface area contributed by atoms with E-state index in [9.17, 15) is 9.90 Å². The summed E-state index contributed by atoms with van der Waals surface area (Å²) in [5, 5.41) is 12.1. The predicted octanol–water partition coefficient (Wildman–Crippen LogP) is 1.84. The number of carbonyl (C=O) groups excluding carboxylic acids is 1. The molecule has 2 N–H and O–H groups in total. The van der Waals surface area contributed by atoms with Gasteiger partial charge in [-0.25, -0.2) is 4.98 Å². The molecule has 0 bridgehead atoms. The summed E-state index contributed by atoms with van der Waals surface area (Å²) in [6, 6.07) is 3.47. The molecule has 0 fully saturated rings. The monoisotopic (exact) mass is 250 g/mol. The lowest BCUT2D eigenvalue weighted by molar-refractivity contribution is 0.0903. The maximum Gasteiger partial charge on any atom is 0.270 e. The van der Waals surface area contributed by atoms with E-state index >= 15 is 0 Å². The van der Waals surface area contributed by atoms with Crippen LogP contribution in [0.4, 0.5) is 0 Å². The highest BCUT2D eigenvalue weighted by molar-refractivity contribution is 5.92. The molecule has 1 heterocycles.